The van der Waals surface area contributed by atoms with E-state index in [-0.39, 0.29) is 29.2 Å². The second-order valence-electron chi connectivity index (χ2n) is 7.05. The van der Waals surface area contributed by atoms with Gasteiger partial charge in [-0.3, -0.25) is 4.79 Å². The van der Waals surface area contributed by atoms with Crippen molar-refractivity contribution in [3.63, 3.8) is 0 Å². The number of halogens is 1. The van der Waals surface area contributed by atoms with E-state index in [1.165, 1.54) is 0 Å². The first kappa shape index (κ1) is 16.8. The largest absolute Gasteiger partial charge is 0.338 e. The summed E-state index contributed by atoms with van der Waals surface area (Å²) in [6.45, 7) is 14.0. The number of rotatable bonds is 4. The molecule has 112 valence electrons. The second kappa shape index (κ2) is 5.61. The lowest BCUT2D eigenvalue weighted by Crippen LogP contribution is -2.43. The lowest BCUT2D eigenvalue weighted by atomic mass is 10.0. The molecule has 1 N–H and O–H groups in total. The van der Waals surface area contributed by atoms with E-state index in [1.807, 2.05) is 0 Å². The van der Waals surface area contributed by atoms with Crippen LogP contribution in [0.15, 0.2) is 0 Å². The van der Waals surface area contributed by atoms with Gasteiger partial charge in [0.25, 0.3) is 0 Å². The SMILES string of the molecule is CCCN(C(=O)C1C(C)(C)C1(C)C)C1CCNC1.Cl. The average molecular weight is 289 g/mol. The molecule has 2 rings (SSSR count). The van der Waals surface area contributed by atoms with Gasteiger partial charge in [-0.1, -0.05) is 34.6 Å². The number of nitrogens with one attached hydrogen (secondary N) is 1. The maximum absolute atomic E-state index is 12.8. The van der Waals surface area contributed by atoms with Crippen molar-refractivity contribution >= 4 is 18.3 Å². The van der Waals surface area contributed by atoms with E-state index in [0.29, 0.717) is 11.9 Å². The first-order valence-corrected chi connectivity index (χ1v) is 7.35. The Balaban J connectivity index is 0.00000180. The lowest BCUT2D eigenvalue weighted by molar-refractivity contribution is -0.135. The van der Waals surface area contributed by atoms with Crippen molar-refractivity contribution in [2.75, 3.05) is 19.6 Å². The van der Waals surface area contributed by atoms with Crippen molar-refractivity contribution in [1.29, 1.82) is 0 Å². The highest BCUT2D eigenvalue weighted by Crippen LogP contribution is 2.68. The van der Waals surface area contributed by atoms with Gasteiger partial charge in [-0.2, -0.15) is 0 Å². The van der Waals surface area contributed by atoms with E-state index >= 15 is 0 Å². The molecule has 3 nitrogen and oxygen atoms in total. The zero-order valence-corrected chi connectivity index (χ0v) is 13.8. The van der Waals surface area contributed by atoms with Gasteiger partial charge in [-0.15, -0.1) is 12.4 Å². The number of carbonyl (C=O) groups is 1. The molecule has 1 saturated carbocycles. The molecule has 1 amide bonds. The van der Waals surface area contributed by atoms with Crippen LogP contribution < -0.4 is 5.32 Å². The molecule has 0 spiro atoms. The summed E-state index contributed by atoms with van der Waals surface area (Å²) in [5.41, 5.74) is 0.310. The molecule has 19 heavy (non-hydrogen) atoms. The molecule has 0 radical (unpaired) electrons. The van der Waals surface area contributed by atoms with Gasteiger partial charge in [0.2, 0.25) is 5.91 Å². The topological polar surface area (TPSA) is 32.3 Å². The van der Waals surface area contributed by atoms with Crippen LogP contribution >= 0.6 is 12.4 Å². The highest BCUT2D eigenvalue weighted by Gasteiger charge is 2.69. The third-order valence-electron chi connectivity index (χ3n) is 5.49. The number of hydrogen-bond acceptors (Lipinski definition) is 2. The third-order valence-corrected chi connectivity index (χ3v) is 5.49. The van der Waals surface area contributed by atoms with Crippen molar-refractivity contribution in [3.05, 3.63) is 0 Å². The van der Waals surface area contributed by atoms with Gasteiger partial charge in [-0.05, 0) is 30.2 Å². The first-order valence-electron chi connectivity index (χ1n) is 7.35. The normalized spacial score (nSPS) is 27.7. The maximum atomic E-state index is 12.8. The van der Waals surface area contributed by atoms with Crippen molar-refractivity contribution in [2.24, 2.45) is 16.7 Å². The van der Waals surface area contributed by atoms with Gasteiger partial charge < -0.3 is 10.2 Å². The van der Waals surface area contributed by atoms with Crippen LogP contribution in [0.1, 0.15) is 47.5 Å². The second-order valence-corrected chi connectivity index (χ2v) is 7.05. The summed E-state index contributed by atoms with van der Waals surface area (Å²) in [6.07, 6.45) is 2.16. The zero-order chi connectivity index (χ0) is 13.6. The summed E-state index contributed by atoms with van der Waals surface area (Å²) in [4.78, 5) is 15.0. The molecule has 0 aromatic rings. The predicted molar refractivity (Wildman–Crippen MR) is 81.6 cm³/mol. The monoisotopic (exact) mass is 288 g/mol. The van der Waals surface area contributed by atoms with E-state index in [9.17, 15) is 4.79 Å². The Hall–Kier alpha value is -0.280. The molecule has 0 aromatic carbocycles. The summed E-state index contributed by atoms with van der Waals surface area (Å²) in [5, 5.41) is 3.37. The Labute approximate surface area is 123 Å². The first-order chi connectivity index (χ1) is 8.34. The summed E-state index contributed by atoms with van der Waals surface area (Å²) >= 11 is 0. The zero-order valence-electron chi connectivity index (χ0n) is 13.0. The van der Waals surface area contributed by atoms with Gasteiger partial charge in [0, 0.05) is 25.0 Å². The molecule has 1 unspecified atom stereocenters. The van der Waals surface area contributed by atoms with E-state index < -0.39 is 0 Å². The molecule has 2 aliphatic rings. The van der Waals surface area contributed by atoms with Crippen molar-refractivity contribution < 1.29 is 4.79 Å². The number of nitrogens with zero attached hydrogens (tertiary/aromatic N) is 1. The molecule has 0 aromatic heterocycles. The molecule has 1 atom stereocenters. The third kappa shape index (κ3) is 2.64. The van der Waals surface area contributed by atoms with Crippen molar-refractivity contribution in [1.82, 2.24) is 10.2 Å². The van der Waals surface area contributed by atoms with Crippen LogP contribution in [0.2, 0.25) is 0 Å². The fourth-order valence-corrected chi connectivity index (χ4v) is 3.60. The smallest absolute Gasteiger partial charge is 0.227 e. The van der Waals surface area contributed by atoms with Crippen LogP contribution in [0.4, 0.5) is 0 Å². The minimum atomic E-state index is 0. The predicted octanol–water partition coefficient (Wildman–Crippen LogP) is 2.69. The van der Waals surface area contributed by atoms with Gasteiger partial charge >= 0.3 is 0 Å². The number of hydrogen-bond donors (Lipinski definition) is 1. The van der Waals surface area contributed by atoms with Gasteiger partial charge in [0.15, 0.2) is 0 Å². The Morgan fingerprint density at radius 2 is 1.84 bits per heavy atom. The van der Waals surface area contributed by atoms with E-state index in [4.69, 9.17) is 0 Å². The Morgan fingerprint density at radius 1 is 1.26 bits per heavy atom. The van der Waals surface area contributed by atoms with Gasteiger partial charge in [0.1, 0.15) is 0 Å². The Bertz CT molecular complexity index is 321. The molecule has 1 heterocycles. The summed E-state index contributed by atoms with van der Waals surface area (Å²) < 4.78 is 0. The molecular weight excluding hydrogens is 260 g/mol. The van der Waals surface area contributed by atoms with Crippen LogP contribution in [-0.2, 0) is 4.79 Å². The van der Waals surface area contributed by atoms with Gasteiger partial charge in [0.05, 0.1) is 0 Å². The molecule has 1 aliphatic heterocycles. The van der Waals surface area contributed by atoms with Crippen LogP contribution in [0.25, 0.3) is 0 Å². The fraction of sp³-hybridized carbons (Fsp3) is 0.933. The average Bonchev–Trinajstić information content (AvgIpc) is 2.70. The van der Waals surface area contributed by atoms with Crippen LogP contribution in [0, 0.1) is 16.7 Å². The highest BCUT2D eigenvalue weighted by atomic mass is 35.5. The van der Waals surface area contributed by atoms with E-state index in [1.54, 1.807) is 0 Å². The number of carbonyl (C=O) groups excluding carboxylic acids is 1. The quantitative estimate of drug-likeness (QED) is 0.863. The van der Waals surface area contributed by atoms with E-state index in [0.717, 1.165) is 32.5 Å². The fourth-order valence-electron chi connectivity index (χ4n) is 3.60. The molecule has 2 fully saturated rings. The molecule has 4 heteroatoms. The van der Waals surface area contributed by atoms with Crippen LogP contribution in [0.3, 0.4) is 0 Å². The van der Waals surface area contributed by atoms with Crippen LogP contribution in [0.5, 0.6) is 0 Å². The Morgan fingerprint density at radius 3 is 2.21 bits per heavy atom. The maximum Gasteiger partial charge on any atom is 0.227 e. The summed E-state index contributed by atoms with van der Waals surface area (Å²) in [6, 6.07) is 0.421. The van der Waals surface area contributed by atoms with Crippen molar-refractivity contribution in [3.8, 4) is 0 Å². The Kier molecular flexibility index (Phi) is 4.95. The highest BCUT2D eigenvalue weighted by molar-refractivity contribution is 5.85. The van der Waals surface area contributed by atoms with Crippen molar-refractivity contribution in [2.45, 2.75) is 53.5 Å². The standard InChI is InChI=1S/C15H28N2O.ClH/c1-6-9-17(11-7-8-16-10-11)13(18)12-14(2,3)15(12,4)5;/h11-12,16H,6-10H2,1-5H3;1H. The molecule has 1 aliphatic carbocycles. The lowest BCUT2D eigenvalue weighted by Gasteiger charge is -2.29. The minimum absolute atomic E-state index is 0. The summed E-state index contributed by atoms with van der Waals surface area (Å²) in [7, 11) is 0. The van der Waals surface area contributed by atoms with Crippen LogP contribution in [-0.4, -0.2) is 36.5 Å². The van der Waals surface area contributed by atoms with E-state index in [2.05, 4.69) is 44.8 Å². The number of amides is 1. The molecule has 0 bridgehead atoms. The molecular formula is C15H29ClN2O. The van der Waals surface area contributed by atoms with Gasteiger partial charge in [-0.25, -0.2) is 0 Å². The summed E-state index contributed by atoms with van der Waals surface area (Å²) in [5.74, 6) is 0.595. The minimum Gasteiger partial charge on any atom is -0.338 e. The molecule has 1 saturated heterocycles.